The lowest BCUT2D eigenvalue weighted by molar-refractivity contribution is 0.446. The van der Waals surface area contributed by atoms with E-state index in [0.29, 0.717) is 5.38 Å². The fraction of sp³-hybridized carbons (Fsp3) is 1.00. The predicted octanol–water partition coefficient (Wildman–Crippen LogP) is 3.42. The van der Waals surface area contributed by atoms with Gasteiger partial charge in [-0.05, 0) is 18.9 Å². The average Bonchev–Trinajstić information content (AvgIpc) is 2.13. The zero-order valence-corrected chi connectivity index (χ0v) is 10.0. The van der Waals surface area contributed by atoms with Crippen LogP contribution in [-0.4, -0.2) is 18.5 Å². The first-order chi connectivity index (χ1) is 6.24. The second-order valence-corrected chi connectivity index (χ2v) is 4.34. The van der Waals surface area contributed by atoms with Crippen LogP contribution < -0.4 is 5.32 Å². The number of hydrogen-bond donors (Lipinski definition) is 1. The fourth-order valence-corrected chi connectivity index (χ4v) is 1.76. The maximum Gasteiger partial charge on any atom is 0.0460 e. The van der Waals surface area contributed by atoms with E-state index in [1.165, 1.54) is 19.3 Å². The molecule has 0 aliphatic carbocycles. The molecule has 80 valence electrons. The van der Waals surface area contributed by atoms with Gasteiger partial charge in [-0.15, -0.1) is 11.6 Å². The minimum absolute atomic E-state index is 0.319. The average molecular weight is 206 g/mol. The van der Waals surface area contributed by atoms with Crippen molar-refractivity contribution in [2.24, 2.45) is 5.92 Å². The monoisotopic (exact) mass is 205 g/mol. The van der Waals surface area contributed by atoms with Gasteiger partial charge in [0.1, 0.15) is 0 Å². The Morgan fingerprint density at radius 2 is 1.69 bits per heavy atom. The molecule has 0 rings (SSSR count). The first kappa shape index (κ1) is 13.2. The normalized spacial score (nSPS) is 13.6. The lowest BCUT2D eigenvalue weighted by Crippen LogP contribution is -2.28. The molecule has 0 saturated heterocycles. The van der Waals surface area contributed by atoms with Crippen molar-refractivity contribution in [2.45, 2.75) is 51.8 Å². The van der Waals surface area contributed by atoms with Gasteiger partial charge in [-0.1, -0.05) is 40.0 Å². The van der Waals surface area contributed by atoms with Gasteiger partial charge >= 0.3 is 0 Å². The molecule has 1 N–H and O–H groups in total. The van der Waals surface area contributed by atoms with E-state index in [1.807, 2.05) is 0 Å². The molecule has 1 unspecified atom stereocenters. The molecule has 0 aliphatic rings. The number of halogens is 1. The van der Waals surface area contributed by atoms with E-state index in [2.05, 4.69) is 26.1 Å². The quantitative estimate of drug-likeness (QED) is 0.599. The number of rotatable bonds is 8. The molecular weight excluding hydrogens is 182 g/mol. The molecule has 1 atom stereocenters. The summed E-state index contributed by atoms with van der Waals surface area (Å²) < 4.78 is 0. The zero-order valence-electron chi connectivity index (χ0n) is 9.28. The van der Waals surface area contributed by atoms with Gasteiger partial charge in [0, 0.05) is 11.9 Å². The van der Waals surface area contributed by atoms with Crippen molar-refractivity contribution in [3.05, 3.63) is 0 Å². The highest BCUT2D eigenvalue weighted by Crippen LogP contribution is 2.07. The molecule has 1 nitrogen and oxygen atoms in total. The van der Waals surface area contributed by atoms with Gasteiger partial charge in [0.05, 0.1) is 0 Å². The van der Waals surface area contributed by atoms with Crippen molar-refractivity contribution < 1.29 is 0 Å². The van der Waals surface area contributed by atoms with Crippen LogP contribution in [0, 0.1) is 5.92 Å². The van der Waals surface area contributed by atoms with Crippen molar-refractivity contribution >= 4 is 11.6 Å². The van der Waals surface area contributed by atoms with Gasteiger partial charge in [0.2, 0.25) is 0 Å². The molecule has 13 heavy (non-hydrogen) atoms. The standard InChI is InChI=1S/C11H24ClN/c1-4-7-11(12)9-13-8-10(5-2)6-3/h10-11,13H,4-9H2,1-3H3. The van der Waals surface area contributed by atoms with Crippen LogP contribution in [0.4, 0.5) is 0 Å². The molecule has 0 bridgehead atoms. The molecule has 0 heterocycles. The molecule has 0 aromatic rings. The van der Waals surface area contributed by atoms with Gasteiger partial charge in [-0.25, -0.2) is 0 Å². The Kier molecular flexibility index (Phi) is 9.00. The van der Waals surface area contributed by atoms with Crippen LogP contribution >= 0.6 is 11.6 Å². The lowest BCUT2D eigenvalue weighted by Gasteiger charge is -2.15. The summed E-state index contributed by atoms with van der Waals surface area (Å²) >= 11 is 6.09. The van der Waals surface area contributed by atoms with Crippen LogP contribution in [0.5, 0.6) is 0 Å². The molecule has 0 spiro atoms. The van der Waals surface area contributed by atoms with Crippen LogP contribution in [0.15, 0.2) is 0 Å². The van der Waals surface area contributed by atoms with Crippen LogP contribution in [0.1, 0.15) is 46.5 Å². The van der Waals surface area contributed by atoms with Crippen molar-refractivity contribution in [2.75, 3.05) is 13.1 Å². The molecule has 0 radical (unpaired) electrons. The van der Waals surface area contributed by atoms with E-state index < -0.39 is 0 Å². The highest BCUT2D eigenvalue weighted by Gasteiger charge is 2.05. The van der Waals surface area contributed by atoms with Crippen LogP contribution in [0.2, 0.25) is 0 Å². The van der Waals surface area contributed by atoms with Crippen molar-refractivity contribution in [1.29, 1.82) is 0 Å². The van der Waals surface area contributed by atoms with Crippen molar-refractivity contribution in [3.8, 4) is 0 Å². The highest BCUT2D eigenvalue weighted by molar-refractivity contribution is 6.20. The minimum atomic E-state index is 0.319. The molecule has 0 aromatic carbocycles. The Bertz CT molecular complexity index is 102. The molecule has 0 aliphatic heterocycles. The van der Waals surface area contributed by atoms with E-state index in [-0.39, 0.29) is 0 Å². The Morgan fingerprint density at radius 3 is 2.15 bits per heavy atom. The highest BCUT2D eigenvalue weighted by atomic mass is 35.5. The second kappa shape index (κ2) is 8.83. The third kappa shape index (κ3) is 7.33. The summed E-state index contributed by atoms with van der Waals surface area (Å²) in [5.41, 5.74) is 0. The minimum Gasteiger partial charge on any atom is -0.315 e. The molecule has 0 aromatic heterocycles. The molecule has 0 amide bonds. The molecule has 0 fully saturated rings. The van der Waals surface area contributed by atoms with Crippen molar-refractivity contribution in [3.63, 3.8) is 0 Å². The largest absolute Gasteiger partial charge is 0.315 e. The molecule has 2 heteroatoms. The maximum absolute atomic E-state index is 6.09. The van der Waals surface area contributed by atoms with Gasteiger partial charge in [0.15, 0.2) is 0 Å². The summed E-state index contributed by atoms with van der Waals surface area (Å²) in [7, 11) is 0. The van der Waals surface area contributed by atoms with Crippen LogP contribution in [0.3, 0.4) is 0 Å². The van der Waals surface area contributed by atoms with E-state index in [9.17, 15) is 0 Å². The van der Waals surface area contributed by atoms with Gasteiger partial charge in [-0.3, -0.25) is 0 Å². The maximum atomic E-state index is 6.09. The summed E-state index contributed by atoms with van der Waals surface area (Å²) in [6.45, 7) is 8.77. The molecule has 0 saturated carbocycles. The number of alkyl halides is 1. The van der Waals surface area contributed by atoms with Gasteiger partial charge < -0.3 is 5.32 Å². The Balaban J connectivity index is 3.32. The Labute approximate surface area is 88.2 Å². The van der Waals surface area contributed by atoms with E-state index in [1.54, 1.807) is 0 Å². The van der Waals surface area contributed by atoms with Crippen LogP contribution in [-0.2, 0) is 0 Å². The predicted molar refractivity (Wildman–Crippen MR) is 61.5 cm³/mol. The number of hydrogen-bond acceptors (Lipinski definition) is 1. The van der Waals surface area contributed by atoms with E-state index in [0.717, 1.165) is 25.4 Å². The van der Waals surface area contributed by atoms with Gasteiger partial charge in [-0.2, -0.15) is 0 Å². The second-order valence-electron chi connectivity index (χ2n) is 3.73. The van der Waals surface area contributed by atoms with E-state index >= 15 is 0 Å². The smallest absolute Gasteiger partial charge is 0.0460 e. The first-order valence-corrected chi connectivity index (χ1v) is 6.02. The third-order valence-corrected chi connectivity index (χ3v) is 2.93. The first-order valence-electron chi connectivity index (χ1n) is 5.59. The van der Waals surface area contributed by atoms with Crippen molar-refractivity contribution in [1.82, 2.24) is 5.32 Å². The Morgan fingerprint density at radius 1 is 1.08 bits per heavy atom. The topological polar surface area (TPSA) is 12.0 Å². The lowest BCUT2D eigenvalue weighted by atomic mass is 10.0. The SMILES string of the molecule is CCCC(Cl)CNCC(CC)CC. The Hall–Kier alpha value is 0.250. The molecular formula is C11H24ClN. The van der Waals surface area contributed by atoms with Crippen LogP contribution in [0.25, 0.3) is 0 Å². The third-order valence-electron chi connectivity index (χ3n) is 2.56. The summed E-state index contributed by atoms with van der Waals surface area (Å²) in [5, 5.41) is 3.76. The summed E-state index contributed by atoms with van der Waals surface area (Å²) in [6.07, 6.45) is 4.84. The zero-order chi connectivity index (χ0) is 10.1. The van der Waals surface area contributed by atoms with Gasteiger partial charge in [0.25, 0.3) is 0 Å². The fourth-order valence-electron chi connectivity index (χ4n) is 1.44. The van der Waals surface area contributed by atoms with E-state index in [4.69, 9.17) is 11.6 Å². The summed E-state index contributed by atoms with van der Waals surface area (Å²) in [4.78, 5) is 0. The summed E-state index contributed by atoms with van der Waals surface area (Å²) in [5.74, 6) is 0.825. The number of nitrogens with one attached hydrogen (secondary N) is 1. The summed E-state index contributed by atoms with van der Waals surface area (Å²) in [6, 6.07) is 0.